The zero-order valence-electron chi connectivity index (χ0n) is 23.4. The lowest BCUT2D eigenvalue weighted by atomic mass is 9.89. The quantitative estimate of drug-likeness (QED) is 0.364. The first-order valence-corrected chi connectivity index (χ1v) is 13.4. The van der Waals surface area contributed by atoms with Gasteiger partial charge in [-0.1, -0.05) is 37.3 Å². The Morgan fingerprint density at radius 3 is 2.55 bits per heavy atom. The van der Waals surface area contributed by atoms with Crippen molar-refractivity contribution in [1.82, 2.24) is 10.2 Å². The molecule has 3 heterocycles. The van der Waals surface area contributed by atoms with Crippen molar-refractivity contribution in [2.24, 2.45) is 0 Å². The molecule has 1 aromatic heterocycles. The maximum absolute atomic E-state index is 14.6. The molecule has 0 bridgehead atoms. The molecule has 0 unspecified atom stereocenters. The third-order valence-corrected chi connectivity index (χ3v) is 7.41. The summed E-state index contributed by atoms with van der Waals surface area (Å²) in [6.07, 6.45) is 0.729. The van der Waals surface area contributed by atoms with Crippen molar-refractivity contribution in [2.75, 3.05) is 30.0 Å². The SMILES string of the molecule is CC[C@]12C[C@@H](OCc3ccccc3)CN1c1cc(-c3cc(F)cc(F)c3OC)nnc1N(C(=O)OC(C)(C)C)C2. The van der Waals surface area contributed by atoms with Crippen molar-refractivity contribution in [1.29, 1.82) is 0 Å². The van der Waals surface area contributed by atoms with Gasteiger partial charge in [0.05, 0.1) is 48.8 Å². The van der Waals surface area contributed by atoms with Gasteiger partial charge in [-0.15, -0.1) is 10.2 Å². The number of anilines is 2. The summed E-state index contributed by atoms with van der Waals surface area (Å²) in [5.41, 5.74) is 0.845. The molecular formula is C30H34F2N4O4. The number of halogens is 2. The van der Waals surface area contributed by atoms with E-state index in [4.69, 9.17) is 14.2 Å². The molecule has 2 atom stereocenters. The zero-order valence-corrected chi connectivity index (χ0v) is 23.4. The molecule has 2 aliphatic heterocycles. The van der Waals surface area contributed by atoms with Gasteiger partial charge in [-0.2, -0.15) is 0 Å². The van der Waals surface area contributed by atoms with Crippen LogP contribution in [-0.2, 0) is 16.1 Å². The number of rotatable bonds is 6. The highest BCUT2D eigenvalue weighted by Crippen LogP contribution is 2.48. The number of nitrogens with zero attached hydrogens (tertiary/aromatic N) is 4. The van der Waals surface area contributed by atoms with Crippen LogP contribution in [0, 0.1) is 11.6 Å². The predicted molar refractivity (Wildman–Crippen MR) is 148 cm³/mol. The van der Waals surface area contributed by atoms with E-state index >= 15 is 0 Å². The number of hydrogen-bond acceptors (Lipinski definition) is 7. The van der Waals surface area contributed by atoms with E-state index in [1.807, 2.05) is 30.3 Å². The van der Waals surface area contributed by atoms with E-state index in [9.17, 15) is 13.6 Å². The molecule has 0 radical (unpaired) electrons. The lowest BCUT2D eigenvalue weighted by molar-refractivity contribution is 0.0473. The molecule has 0 saturated carbocycles. The standard InChI is InChI=1S/C30H34F2N4O4/c1-6-30-15-21(39-17-19-10-8-7-9-11-19)16-36(30)25-14-24(22-12-20(31)13-23(32)26(22)38-5)33-34-27(25)35(18-30)28(37)40-29(2,3)4/h7-14,21H,6,15-18H2,1-5H3/t21-,30-/m1/s1. The summed E-state index contributed by atoms with van der Waals surface area (Å²) in [6, 6.07) is 13.6. The summed E-state index contributed by atoms with van der Waals surface area (Å²) in [7, 11) is 1.31. The summed E-state index contributed by atoms with van der Waals surface area (Å²) in [4.78, 5) is 17.1. The Morgan fingerprint density at radius 1 is 1.12 bits per heavy atom. The highest BCUT2D eigenvalue weighted by Gasteiger charge is 2.52. The van der Waals surface area contributed by atoms with Gasteiger partial charge in [-0.25, -0.2) is 13.6 Å². The lowest BCUT2D eigenvalue weighted by Crippen LogP contribution is -2.58. The monoisotopic (exact) mass is 552 g/mol. The Morgan fingerprint density at radius 2 is 1.88 bits per heavy atom. The molecule has 212 valence electrons. The molecule has 2 aliphatic rings. The first-order valence-electron chi connectivity index (χ1n) is 13.4. The number of aromatic nitrogens is 2. The second kappa shape index (κ2) is 10.6. The van der Waals surface area contributed by atoms with E-state index in [-0.39, 0.29) is 23.1 Å². The van der Waals surface area contributed by atoms with Crippen LogP contribution in [0.2, 0.25) is 0 Å². The van der Waals surface area contributed by atoms with Gasteiger partial charge in [0.1, 0.15) is 11.4 Å². The molecule has 0 aliphatic carbocycles. The second-order valence-corrected chi connectivity index (χ2v) is 11.3. The number of amides is 1. The fourth-order valence-corrected chi connectivity index (χ4v) is 5.54. The van der Waals surface area contributed by atoms with Gasteiger partial charge in [0.25, 0.3) is 0 Å². The molecule has 8 nitrogen and oxygen atoms in total. The Balaban J connectivity index is 1.57. The maximum Gasteiger partial charge on any atom is 0.416 e. The third-order valence-electron chi connectivity index (χ3n) is 7.41. The van der Waals surface area contributed by atoms with E-state index in [2.05, 4.69) is 22.0 Å². The topological polar surface area (TPSA) is 77.0 Å². The van der Waals surface area contributed by atoms with E-state index < -0.39 is 28.9 Å². The molecule has 10 heteroatoms. The highest BCUT2D eigenvalue weighted by atomic mass is 19.1. The van der Waals surface area contributed by atoms with Gasteiger partial charge in [0.2, 0.25) is 0 Å². The van der Waals surface area contributed by atoms with Gasteiger partial charge in [-0.05, 0) is 44.9 Å². The minimum absolute atomic E-state index is 0.121. The Bertz CT molecular complexity index is 1400. The first kappa shape index (κ1) is 27.8. The normalized spacial score (nSPS) is 20.2. The summed E-state index contributed by atoms with van der Waals surface area (Å²) in [6.45, 7) is 8.84. The summed E-state index contributed by atoms with van der Waals surface area (Å²) < 4.78 is 46.1. The smallest absolute Gasteiger partial charge is 0.416 e. The number of methoxy groups -OCH3 is 1. The Labute approximate surface area is 232 Å². The average molecular weight is 553 g/mol. The average Bonchev–Trinajstić information content (AvgIpc) is 3.30. The fraction of sp³-hybridized carbons (Fsp3) is 0.433. The van der Waals surface area contributed by atoms with E-state index in [1.54, 1.807) is 26.8 Å². The molecule has 1 saturated heterocycles. The van der Waals surface area contributed by atoms with Crippen molar-refractivity contribution < 1.29 is 27.8 Å². The number of benzene rings is 2. The number of carbonyl (C=O) groups excluding carboxylic acids is 1. The molecule has 3 aromatic rings. The van der Waals surface area contributed by atoms with Gasteiger partial charge < -0.3 is 19.1 Å². The van der Waals surface area contributed by atoms with Crippen LogP contribution in [0.3, 0.4) is 0 Å². The largest absolute Gasteiger partial charge is 0.493 e. The third kappa shape index (κ3) is 5.32. The van der Waals surface area contributed by atoms with Gasteiger partial charge >= 0.3 is 6.09 Å². The Hall–Kier alpha value is -3.79. The van der Waals surface area contributed by atoms with Gasteiger partial charge in [0, 0.05) is 19.0 Å². The summed E-state index contributed by atoms with van der Waals surface area (Å²) in [5, 5.41) is 8.67. The maximum atomic E-state index is 14.6. The highest BCUT2D eigenvalue weighted by molar-refractivity contribution is 5.94. The van der Waals surface area contributed by atoms with Crippen LogP contribution in [0.5, 0.6) is 5.75 Å². The molecule has 1 fully saturated rings. The van der Waals surface area contributed by atoms with Crippen molar-refractivity contribution in [3.63, 3.8) is 0 Å². The van der Waals surface area contributed by atoms with Gasteiger partial charge in [0.15, 0.2) is 17.4 Å². The first-order chi connectivity index (χ1) is 19.0. The predicted octanol–water partition coefficient (Wildman–Crippen LogP) is 6.13. The lowest BCUT2D eigenvalue weighted by Gasteiger charge is -2.47. The van der Waals surface area contributed by atoms with Crippen LogP contribution in [0.1, 0.15) is 46.1 Å². The zero-order chi connectivity index (χ0) is 28.7. The van der Waals surface area contributed by atoms with E-state index in [1.165, 1.54) is 12.0 Å². The van der Waals surface area contributed by atoms with Crippen LogP contribution >= 0.6 is 0 Å². The number of fused-ring (bicyclic) bond motifs is 3. The Kier molecular flexibility index (Phi) is 7.39. The van der Waals surface area contributed by atoms with Crippen LogP contribution in [-0.4, -0.2) is 53.7 Å². The van der Waals surface area contributed by atoms with Crippen LogP contribution in [0.25, 0.3) is 11.3 Å². The van der Waals surface area contributed by atoms with E-state index in [0.29, 0.717) is 44.0 Å². The van der Waals surface area contributed by atoms with Crippen molar-refractivity contribution in [2.45, 2.75) is 64.4 Å². The molecule has 0 spiro atoms. The van der Waals surface area contributed by atoms with Crippen molar-refractivity contribution in [3.05, 3.63) is 65.7 Å². The van der Waals surface area contributed by atoms with Crippen LogP contribution in [0.15, 0.2) is 48.5 Å². The summed E-state index contributed by atoms with van der Waals surface area (Å²) in [5.74, 6) is -1.42. The van der Waals surface area contributed by atoms with Crippen molar-refractivity contribution in [3.8, 4) is 17.0 Å². The molecule has 2 aromatic carbocycles. The molecule has 1 amide bonds. The summed E-state index contributed by atoms with van der Waals surface area (Å²) >= 11 is 0. The second-order valence-electron chi connectivity index (χ2n) is 11.3. The molecule has 5 rings (SSSR count). The van der Waals surface area contributed by atoms with Crippen LogP contribution in [0.4, 0.5) is 25.1 Å². The minimum Gasteiger partial charge on any atom is -0.493 e. The molecular weight excluding hydrogens is 518 g/mol. The number of ether oxygens (including phenoxy) is 3. The van der Waals surface area contributed by atoms with Crippen molar-refractivity contribution >= 4 is 17.6 Å². The van der Waals surface area contributed by atoms with Gasteiger partial charge in [-0.3, -0.25) is 4.90 Å². The fourth-order valence-electron chi connectivity index (χ4n) is 5.54. The molecule has 0 N–H and O–H groups in total. The molecule has 40 heavy (non-hydrogen) atoms. The van der Waals surface area contributed by atoms with E-state index in [0.717, 1.165) is 17.7 Å². The number of carbonyl (C=O) groups is 1. The number of hydrogen-bond donors (Lipinski definition) is 0. The minimum atomic E-state index is -0.842. The van der Waals surface area contributed by atoms with Crippen LogP contribution < -0.4 is 14.5 Å².